The Morgan fingerprint density at radius 3 is 2.70 bits per heavy atom. The highest BCUT2D eigenvalue weighted by atomic mass is 32.1. The molecular formula is C24H25N3O2S. The number of benzene rings is 1. The minimum Gasteiger partial charge on any atom is -0.317 e. The Morgan fingerprint density at radius 1 is 1.17 bits per heavy atom. The lowest BCUT2D eigenvalue weighted by molar-refractivity contribution is -0.116. The number of fused-ring (bicyclic) bond motifs is 2. The number of thiophene rings is 1. The molecule has 1 aliphatic rings. The zero-order chi connectivity index (χ0) is 21.4. The molecule has 0 atom stereocenters. The predicted octanol–water partition coefficient (Wildman–Crippen LogP) is 4.77. The van der Waals surface area contributed by atoms with Crippen molar-refractivity contribution in [1.82, 2.24) is 4.57 Å². The first-order valence-corrected chi connectivity index (χ1v) is 11.2. The Morgan fingerprint density at radius 2 is 1.93 bits per heavy atom. The van der Waals surface area contributed by atoms with Gasteiger partial charge in [-0.05, 0) is 69.2 Å². The molecule has 0 saturated carbocycles. The number of hydrogen-bond acceptors (Lipinski definition) is 4. The Hall–Kier alpha value is -2.91. The van der Waals surface area contributed by atoms with E-state index in [9.17, 15) is 14.9 Å². The predicted molar refractivity (Wildman–Crippen MR) is 121 cm³/mol. The summed E-state index contributed by atoms with van der Waals surface area (Å²) in [6.45, 7) is 6.29. The highest BCUT2D eigenvalue weighted by Crippen LogP contribution is 2.37. The van der Waals surface area contributed by atoms with Crippen LogP contribution in [0.3, 0.4) is 0 Å². The number of pyridine rings is 1. The number of nitrogens with one attached hydrogen (secondary N) is 1. The Labute approximate surface area is 180 Å². The van der Waals surface area contributed by atoms with E-state index in [-0.39, 0.29) is 17.9 Å². The molecule has 2 heterocycles. The summed E-state index contributed by atoms with van der Waals surface area (Å²) in [5.74, 6) is -0.171. The molecule has 0 fully saturated rings. The van der Waals surface area contributed by atoms with Crippen LogP contribution in [0.5, 0.6) is 0 Å². The van der Waals surface area contributed by atoms with Crippen LogP contribution in [0.25, 0.3) is 10.9 Å². The smallest absolute Gasteiger partial charge is 0.251 e. The summed E-state index contributed by atoms with van der Waals surface area (Å²) < 4.78 is 1.70. The second kappa shape index (κ2) is 8.08. The van der Waals surface area contributed by atoms with Gasteiger partial charge in [0.25, 0.3) is 5.56 Å². The van der Waals surface area contributed by atoms with E-state index in [1.165, 1.54) is 16.2 Å². The fourth-order valence-electron chi connectivity index (χ4n) is 4.47. The van der Waals surface area contributed by atoms with Crippen LogP contribution in [0.4, 0.5) is 5.00 Å². The average molecular weight is 420 g/mol. The van der Waals surface area contributed by atoms with Crippen molar-refractivity contribution in [2.24, 2.45) is 0 Å². The quantitative estimate of drug-likeness (QED) is 0.662. The Balaban J connectivity index is 1.58. The first-order chi connectivity index (χ1) is 14.4. The van der Waals surface area contributed by atoms with Gasteiger partial charge in [0.1, 0.15) is 11.1 Å². The summed E-state index contributed by atoms with van der Waals surface area (Å²) in [4.78, 5) is 26.6. The van der Waals surface area contributed by atoms with Crippen LogP contribution in [0, 0.1) is 32.1 Å². The first-order valence-electron chi connectivity index (χ1n) is 10.3. The summed E-state index contributed by atoms with van der Waals surface area (Å²) in [5, 5.41) is 14.2. The molecule has 2 aromatic heterocycles. The standard InChI is InChI=1S/C24H25N3O2S/c1-14-10-16(3)23-18(11-14)15(2)12-22(29)27(23)9-8-21(28)26-24-19(13-25)17-6-4-5-7-20(17)30-24/h10-12H,4-9H2,1-3H3,(H,26,28). The van der Waals surface area contributed by atoms with Crippen molar-refractivity contribution in [1.29, 1.82) is 5.26 Å². The van der Waals surface area contributed by atoms with Crippen LogP contribution >= 0.6 is 11.3 Å². The average Bonchev–Trinajstić information content (AvgIpc) is 3.05. The second-order valence-corrected chi connectivity index (χ2v) is 9.23. The Bertz CT molecular complexity index is 1260. The van der Waals surface area contributed by atoms with Crippen molar-refractivity contribution >= 4 is 33.1 Å². The van der Waals surface area contributed by atoms with E-state index < -0.39 is 0 Å². The third-order valence-corrected chi connectivity index (χ3v) is 7.05. The molecule has 4 rings (SSSR count). The molecule has 0 radical (unpaired) electrons. The normalized spacial score (nSPS) is 13.1. The number of anilines is 1. The lowest BCUT2D eigenvalue weighted by Crippen LogP contribution is -2.24. The van der Waals surface area contributed by atoms with Gasteiger partial charge < -0.3 is 9.88 Å². The minimum absolute atomic E-state index is 0.0935. The van der Waals surface area contributed by atoms with Crippen LogP contribution in [-0.2, 0) is 24.2 Å². The van der Waals surface area contributed by atoms with E-state index in [1.807, 2.05) is 20.8 Å². The molecule has 154 valence electrons. The van der Waals surface area contributed by atoms with Crippen LogP contribution in [0.15, 0.2) is 23.0 Å². The maximum absolute atomic E-state index is 12.7. The number of rotatable bonds is 4. The van der Waals surface area contributed by atoms with Crippen molar-refractivity contribution in [2.45, 2.75) is 59.4 Å². The number of carbonyl (C=O) groups is 1. The van der Waals surface area contributed by atoms with Gasteiger partial charge in [0, 0.05) is 29.3 Å². The maximum atomic E-state index is 12.7. The van der Waals surface area contributed by atoms with Crippen molar-refractivity contribution in [2.75, 3.05) is 5.32 Å². The monoisotopic (exact) mass is 419 g/mol. The van der Waals surface area contributed by atoms with E-state index in [4.69, 9.17) is 0 Å². The number of aromatic nitrogens is 1. The van der Waals surface area contributed by atoms with Gasteiger partial charge in [0.05, 0.1) is 11.1 Å². The number of aryl methyl sites for hydroxylation is 5. The molecule has 1 amide bonds. The largest absolute Gasteiger partial charge is 0.317 e. The lowest BCUT2D eigenvalue weighted by Gasteiger charge is -2.15. The second-order valence-electron chi connectivity index (χ2n) is 8.12. The minimum atomic E-state index is -0.171. The van der Waals surface area contributed by atoms with Gasteiger partial charge in [0.2, 0.25) is 5.91 Å². The molecule has 5 nitrogen and oxygen atoms in total. The highest BCUT2D eigenvalue weighted by molar-refractivity contribution is 7.16. The number of nitriles is 1. The molecule has 1 N–H and O–H groups in total. The molecule has 0 saturated heterocycles. The fraction of sp³-hybridized carbons (Fsp3) is 0.375. The molecule has 0 aliphatic heterocycles. The van der Waals surface area contributed by atoms with Crippen molar-refractivity contribution < 1.29 is 4.79 Å². The third-order valence-electron chi connectivity index (χ3n) is 5.84. The fourth-order valence-corrected chi connectivity index (χ4v) is 5.72. The number of carbonyl (C=O) groups excluding carboxylic acids is 1. The van der Waals surface area contributed by atoms with Crippen molar-refractivity contribution in [3.8, 4) is 6.07 Å². The van der Waals surface area contributed by atoms with Crippen LogP contribution in [-0.4, -0.2) is 10.5 Å². The summed E-state index contributed by atoms with van der Waals surface area (Å²) in [6, 6.07) is 8.06. The first kappa shape index (κ1) is 20.4. The zero-order valence-electron chi connectivity index (χ0n) is 17.6. The molecule has 1 aromatic carbocycles. The topological polar surface area (TPSA) is 74.9 Å². The van der Waals surface area contributed by atoms with Gasteiger partial charge in [-0.3, -0.25) is 9.59 Å². The van der Waals surface area contributed by atoms with Crippen LogP contribution in [0.2, 0.25) is 0 Å². The maximum Gasteiger partial charge on any atom is 0.251 e. The summed E-state index contributed by atoms with van der Waals surface area (Å²) in [7, 11) is 0. The van der Waals surface area contributed by atoms with Crippen molar-refractivity contribution in [3.63, 3.8) is 0 Å². The molecule has 0 spiro atoms. The van der Waals surface area contributed by atoms with E-state index in [1.54, 1.807) is 10.6 Å². The number of amides is 1. The van der Waals surface area contributed by atoms with Crippen LogP contribution in [0.1, 0.15) is 52.0 Å². The van der Waals surface area contributed by atoms with Gasteiger partial charge in [-0.1, -0.05) is 11.6 Å². The summed E-state index contributed by atoms with van der Waals surface area (Å²) >= 11 is 1.53. The SMILES string of the molecule is Cc1cc(C)c2c(c1)c(C)cc(=O)n2CCC(=O)Nc1sc2c(c1C#N)CCCC2. The zero-order valence-corrected chi connectivity index (χ0v) is 18.4. The van der Waals surface area contributed by atoms with Crippen LogP contribution < -0.4 is 10.9 Å². The third kappa shape index (κ3) is 3.66. The van der Waals surface area contributed by atoms with E-state index in [0.717, 1.165) is 58.8 Å². The van der Waals surface area contributed by atoms with E-state index >= 15 is 0 Å². The van der Waals surface area contributed by atoms with Gasteiger partial charge >= 0.3 is 0 Å². The summed E-state index contributed by atoms with van der Waals surface area (Å²) in [5.41, 5.74) is 5.65. The molecule has 30 heavy (non-hydrogen) atoms. The van der Waals surface area contributed by atoms with Crippen molar-refractivity contribution in [3.05, 3.63) is 61.2 Å². The Kier molecular flexibility index (Phi) is 5.48. The molecule has 0 unspecified atom stereocenters. The molecule has 3 aromatic rings. The number of hydrogen-bond donors (Lipinski definition) is 1. The number of nitrogens with zero attached hydrogens (tertiary/aromatic N) is 2. The molecule has 0 bridgehead atoms. The van der Waals surface area contributed by atoms with E-state index in [2.05, 4.69) is 23.5 Å². The molecular weight excluding hydrogens is 394 g/mol. The van der Waals surface area contributed by atoms with Gasteiger partial charge in [0.15, 0.2) is 0 Å². The molecule has 1 aliphatic carbocycles. The van der Waals surface area contributed by atoms with Gasteiger partial charge in [-0.15, -0.1) is 11.3 Å². The summed E-state index contributed by atoms with van der Waals surface area (Å²) in [6.07, 6.45) is 4.29. The lowest BCUT2D eigenvalue weighted by atomic mass is 9.96. The highest BCUT2D eigenvalue weighted by Gasteiger charge is 2.22. The molecule has 6 heteroatoms. The van der Waals surface area contributed by atoms with Gasteiger partial charge in [-0.2, -0.15) is 5.26 Å². The van der Waals surface area contributed by atoms with E-state index in [0.29, 0.717) is 17.1 Å². The van der Waals surface area contributed by atoms with Gasteiger partial charge in [-0.25, -0.2) is 0 Å².